The highest BCUT2D eigenvalue weighted by atomic mass is 16.6. The lowest BCUT2D eigenvalue weighted by atomic mass is 9.99. The first kappa shape index (κ1) is 62.4. The SMILES string of the molecule is CCCCCCCCCCCCCCCCC(=O)OC[C@H](COC(=O)CCCCCCCCCCCCCCCCCC(C)C)OC(=O)CCCCCCCCCCCCC(C)CC. The third-order valence-corrected chi connectivity index (χ3v) is 13.6. The van der Waals surface area contributed by atoms with Crippen LogP contribution in [0.2, 0.25) is 0 Å². The fraction of sp³-hybridized carbons (Fsp3) is 0.948. The third kappa shape index (κ3) is 49.8. The molecular weight excluding hydrogens is 793 g/mol. The van der Waals surface area contributed by atoms with E-state index in [1.807, 2.05) is 0 Å². The molecule has 0 aliphatic carbocycles. The van der Waals surface area contributed by atoms with Gasteiger partial charge in [0.25, 0.3) is 0 Å². The second kappa shape index (κ2) is 50.8. The normalized spacial score (nSPS) is 12.5. The van der Waals surface area contributed by atoms with Gasteiger partial charge in [0.15, 0.2) is 6.10 Å². The van der Waals surface area contributed by atoms with E-state index in [0.29, 0.717) is 19.3 Å². The van der Waals surface area contributed by atoms with Crippen LogP contribution in [0.4, 0.5) is 0 Å². The number of hydrogen-bond acceptors (Lipinski definition) is 6. The number of ether oxygens (including phenoxy) is 3. The fourth-order valence-corrected chi connectivity index (χ4v) is 8.84. The van der Waals surface area contributed by atoms with E-state index in [1.54, 1.807) is 0 Å². The molecule has 0 saturated carbocycles. The number of hydrogen-bond donors (Lipinski definition) is 0. The molecule has 64 heavy (non-hydrogen) atoms. The first-order valence-corrected chi connectivity index (χ1v) is 28.8. The minimum absolute atomic E-state index is 0.0628. The Morgan fingerprint density at radius 1 is 0.328 bits per heavy atom. The zero-order chi connectivity index (χ0) is 46.8. The Morgan fingerprint density at radius 2 is 0.594 bits per heavy atom. The average molecular weight is 906 g/mol. The molecule has 6 heteroatoms. The Kier molecular flexibility index (Phi) is 49.6. The van der Waals surface area contributed by atoms with Crippen LogP contribution in [0.25, 0.3) is 0 Å². The van der Waals surface area contributed by atoms with Gasteiger partial charge in [0.05, 0.1) is 0 Å². The van der Waals surface area contributed by atoms with Crippen LogP contribution in [-0.2, 0) is 28.6 Å². The summed E-state index contributed by atoms with van der Waals surface area (Å²) in [4.78, 5) is 38.1. The van der Waals surface area contributed by atoms with Crippen molar-refractivity contribution < 1.29 is 28.6 Å². The highest BCUT2D eigenvalue weighted by Crippen LogP contribution is 2.18. The lowest BCUT2D eigenvalue weighted by molar-refractivity contribution is -0.167. The van der Waals surface area contributed by atoms with Crippen molar-refractivity contribution in [1.29, 1.82) is 0 Å². The largest absolute Gasteiger partial charge is 0.462 e. The Hall–Kier alpha value is -1.59. The number of carbonyl (C=O) groups is 3. The summed E-state index contributed by atoms with van der Waals surface area (Å²) in [5.74, 6) is 0.877. The lowest BCUT2D eigenvalue weighted by Crippen LogP contribution is -2.30. The van der Waals surface area contributed by atoms with Gasteiger partial charge in [-0.3, -0.25) is 14.4 Å². The van der Waals surface area contributed by atoms with Gasteiger partial charge in [0.1, 0.15) is 13.2 Å². The standard InChI is InChI=1S/C58H112O6/c1-6-8-9-10-11-12-13-14-19-22-28-33-38-43-48-56(59)62-51-55(64-58(61)50-45-40-35-30-25-24-27-32-37-42-47-54(5)7-2)52-63-57(60)49-44-39-34-29-23-20-17-15-16-18-21-26-31-36-41-46-53(3)4/h53-55H,6-52H2,1-5H3/t54?,55-/m1/s1. The minimum Gasteiger partial charge on any atom is -0.462 e. The summed E-state index contributed by atoms with van der Waals surface area (Å²) in [6.45, 7) is 11.4. The molecule has 0 fully saturated rings. The van der Waals surface area contributed by atoms with E-state index in [-0.39, 0.29) is 31.1 Å². The van der Waals surface area contributed by atoms with E-state index in [4.69, 9.17) is 14.2 Å². The lowest BCUT2D eigenvalue weighted by Gasteiger charge is -2.18. The second-order valence-corrected chi connectivity index (χ2v) is 20.6. The number of unbranched alkanes of at least 4 members (excludes halogenated alkanes) is 36. The molecule has 0 radical (unpaired) electrons. The maximum Gasteiger partial charge on any atom is 0.306 e. The van der Waals surface area contributed by atoms with Crippen LogP contribution < -0.4 is 0 Å². The molecule has 380 valence electrons. The zero-order valence-electron chi connectivity index (χ0n) is 43.9. The molecule has 0 rings (SSSR count). The van der Waals surface area contributed by atoms with E-state index in [1.165, 1.54) is 212 Å². The molecular formula is C58H112O6. The van der Waals surface area contributed by atoms with Gasteiger partial charge in [-0.1, -0.05) is 285 Å². The Bertz CT molecular complexity index is 980. The van der Waals surface area contributed by atoms with Crippen molar-refractivity contribution in [2.75, 3.05) is 13.2 Å². The molecule has 0 aliphatic heterocycles. The molecule has 0 saturated heterocycles. The smallest absolute Gasteiger partial charge is 0.306 e. The van der Waals surface area contributed by atoms with Crippen molar-refractivity contribution in [3.63, 3.8) is 0 Å². The molecule has 0 amide bonds. The maximum atomic E-state index is 12.8. The van der Waals surface area contributed by atoms with Crippen molar-refractivity contribution in [2.24, 2.45) is 11.8 Å². The molecule has 0 aliphatic rings. The molecule has 0 aromatic carbocycles. The number of carbonyl (C=O) groups excluding carboxylic acids is 3. The summed E-state index contributed by atoms with van der Waals surface area (Å²) in [5, 5.41) is 0. The highest BCUT2D eigenvalue weighted by molar-refractivity contribution is 5.71. The quantitative estimate of drug-likeness (QED) is 0.0344. The topological polar surface area (TPSA) is 78.9 Å². The van der Waals surface area contributed by atoms with Gasteiger partial charge < -0.3 is 14.2 Å². The van der Waals surface area contributed by atoms with Crippen molar-refractivity contribution in [3.05, 3.63) is 0 Å². The summed E-state index contributed by atoms with van der Waals surface area (Å²) >= 11 is 0. The predicted octanol–water partition coefficient (Wildman–Crippen LogP) is 18.9. The Morgan fingerprint density at radius 3 is 0.891 bits per heavy atom. The molecule has 0 bridgehead atoms. The fourth-order valence-electron chi connectivity index (χ4n) is 8.84. The van der Waals surface area contributed by atoms with Crippen LogP contribution in [0.1, 0.15) is 324 Å². The van der Waals surface area contributed by atoms with E-state index in [0.717, 1.165) is 69.6 Å². The van der Waals surface area contributed by atoms with Gasteiger partial charge in [-0.25, -0.2) is 0 Å². The summed E-state index contributed by atoms with van der Waals surface area (Å²) in [7, 11) is 0. The molecule has 0 heterocycles. The predicted molar refractivity (Wildman–Crippen MR) is 275 cm³/mol. The number of esters is 3. The maximum absolute atomic E-state index is 12.8. The first-order chi connectivity index (χ1) is 31.3. The zero-order valence-corrected chi connectivity index (χ0v) is 43.9. The van der Waals surface area contributed by atoms with Gasteiger partial charge in [0, 0.05) is 19.3 Å². The van der Waals surface area contributed by atoms with Crippen LogP contribution in [-0.4, -0.2) is 37.2 Å². The Labute approximate surface area is 399 Å². The second-order valence-electron chi connectivity index (χ2n) is 20.6. The van der Waals surface area contributed by atoms with Crippen LogP contribution >= 0.6 is 0 Å². The molecule has 0 spiro atoms. The van der Waals surface area contributed by atoms with Crippen molar-refractivity contribution >= 4 is 17.9 Å². The van der Waals surface area contributed by atoms with Crippen LogP contribution in [0, 0.1) is 11.8 Å². The van der Waals surface area contributed by atoms with Gasteiger partial charge in [-0.2, -0.15) is 0 Å². The van der Waals surface area contributed by atoms with Crippen molar-refractivity contribution in [2.45, 2.75) is 330 Å². The molecule has 1 unspecified atom stereocenters. The van der Waals surface area contributed by atoms with E-state index in [9.17, 15) is 14.4 Å². The molecule has 0 N–H and O–H groups in total. The van der Waals surface area contributed by atoms with E-state index in [2.05, 4.69) is 34.6 Å². The highest BCUT2D eigenvalue weighted by Gasteiger charge is 2.19. The van der Waals surface area contributed by atoms with E-state index >= 15 is 0 Å². The molecule has 2 atom stereocenters. The van der Waals surface area contributed by atoms with Gasteiger partial charge in [-0.05, 0) is 31.1 Å². The summed E-state index contributed by atoms with van der Waals surface area (Å²) in [6, 6.07) is 0. The molecule has 6 nitrogen and oxygen atoms in total. The van der Waals surface area contributed by atoms with Gasteiger partial charge in [0.2, 0.25) is 0 Å². The van der Waals surface area contributed by atoms with Crippen LogP contribution in [0.5, 0.6) is 0 Å². The average Bonchev–Trinajstić information content (AvgIpc) is 3.28. The molecule has 0 aromatic rings. The summed E-state index contributed by atoms with van der Waals surface area (Å²) in [5.41, 5.74) is 0. The van der Waals surface area contributed by atoms with E-state index < -0.39 is 6.10 Å². The number of rotatable bonds is 52. The third-order valence-electron chi connectivity index (χ3n) is 13.6. The van der Waals surface area contributed by atoms with Gasteiger partial charge >= 0.3 is 17.9 Å². The summed E-state index contributed by atoms with van der Waals surface area (Å²) < 4.78 is 16.9. The molecule has 0 aromatic heterocycles. The van der Waals surface area contributed by atoms with Crippen LogP contribution in [0.3, 0.4) is 0 Å². The van der Waals surface area contributed by atoms with Crippen molar-refractivity contribution in [1.82, 2.24) is 0 Å². The van der Waals surface area contributed by atoms with Crippen molar-refractivity contribution in [3.8, 4) is 0 Å². The minimum atomic E-state index is -0.763. The van der Waals surface area contributed by atoms with Gasteiger partial charge in [-0.15, -0.1) is 0 Å². The monoisotopic (exact) mass is 905 g/mol. The Balaban J connectivity index is 4.29. The van der Waals surface area contributed by atoms with Crippen LogP contribution in [0.15, 0.2) is 0 Å². The summed E-state index contributed by atoms with van der Waals surface area (Å²) in [6.07, 6.45) is 53.7. The first-order valence-electron chi connectivity index (χ1n) is 28.8.